The van der Waals surface area contributed by atoms with Gasteiger partial charge in [-0.3, -0.25) is 9.69 Å². The molecule has 1 saturated heterocycles. The number of hydrogen-bond acceptors (Lipinski definition) is 7. The monoisotopic (exact) mass is 538 g/mol. The number of rotatable bonds is 11. The van der Waals surface area contributed by atoms with Crippen LogP contribution < -0.4 is 4.74 Å². The van der Waals surface area contributed by atoms with Crippen molar-refractivity contribution in [3.63, 3.8) is 0 Å². The highest BCUT2D eigenvalue weighted by Crippen LogP contribution is 2.28. The summed E-state index contributed by atoms with van der Waals surface area (Å²) in [7, 11) is 1.28. The van der Waals surface area contributed by atoms with Gasteiger partial charge in [0.1, 0.15) is 12.4 Å². The molecular formula is C27H46N4O5S. The van der Waals surface area contributed by atoms with Crippen molar-refractivity contribution in [2.75, 3.05) is 73.7 Å². The van der Waals surface area contributed by atoms with E-state index in [0.717, 1.165) is 58.4 Å². The van der Waals surface area contributed by atoms with E-state index < -0.39 is 10.0 Å². The number of nitrogens with zero attached hydrogens (tertiary/aromatic N) is 4. The molecule has 0 radical (unpaired) electrons. The highest BCUT2D eigenvalue weighted by Gasteiger charge is 2.31. The summed E-state index contributed by atoms with van der Waals surface area (Å²) < 4.78 is 38.4. The van der Waals surface area contributed by atoms with Gasteiger partial charge in [0.05, 0.1) is 18.6 Å². The Labute approximate surface area is 223 Å². The summed E-state index contributed by atoms with van der Waals surface area (Å²) in [6.45, 7) is 11.8. The zero-order valence-corrected chi connectivity index (χ0v) is 24.3. The van der Waals surface area contributed by atoms with Crippen LogP contribution in [-0.4, -0.2) is 119 Å². The number of likely N-dealkylation sites (N-methyl/N-ethyl adjacent to an activating group) is 3. The lowest BCUT2D eigenvalue weighted by molar-refractivity contribution is -0.137. The van der Waals surface area contributed by atoms with E-state index in [1.165, 1.54) is 11.4 Å². The lowest BCUT2D eigenvalue weighted by atomic mass is 9.89. The first-order valence-electron chi connectivity index (χ1n) is 13.5. The number of hydrogen-bond donors (Lipinski definition) is 0. The highest BCUT2D eigenvalue weighted by molar-refractivity contribution is 7.89. The fourth-order valence-corrected chi connectivity index (χ4v) is 7.18. The lowest BCUT2D eigenvalue weighted by Gasteiger charge is -2.43. The third-order valence-electron chi connectivity index (χ3n) is 8.09. The van der Waals surface area contributed by atoms with Gasteiger partial charge in [-0.1, -0.05) is 6.92 Å². The van der Waals surface area contributed by atoms with Crippen molar-refractivity contribution in [2.24, 2.45) is 0 Å². The van der Waals surface area contributed by atoms with Crippen LogP contribution in [0.1, 0.15) is 43.7 Å². The van der Waals surface area contributed by atoms with E-state index in [9.17, 15) is 13.2 Å². The second-order valence-corrected chi connectivity index (χ2v) is 12.4. The van der Waals surface area contributed by atoms with Gasteiger partial charge in [0.25, 0.3) is 0 Å². The lowest BCUT2D eigenvalue weighted by Crippen LogP contribution is -2.52. The third-order valence-corrected chi connectivity index (χ3v) is 10.3. The van der Waals surface area contributed by atoms with Gasteiger partial charge in [-0.05, 0) is 69.3 Å². The normalized spacial score (nSPS) is 21.8. The van der Waals surface area contributed by atoms with Crippen molar-refractivity contribution in [2.45, 2.75) is 63.4 Å². The summed E-state index contributed by atoms with van der Waals surface area (Å²) in [5, 5.41) is 0. The molecule has 2 fully saturated rings. The van der Waals surface area contributed by atoms with Gasteiger partial charge in [0, 0.05) is 58.9 Å². The Morgan fingerprint density at radius 1 is 1.03 bits per heavy atom. The maximum atomic E-state index is 13.1. The zero-order valence-electron chi connectivity index (χ0n) is 23.5. The number of carbonyl (C=O) groups is 1. The number of ether oxygens (including phenoxy) is 2. The summed E-state index contributed by atoms with van der Waals surface area (Å²) >= 11 is 0. The second kappa shape index (κ2) is 13.4. The van der Waals surface area contributed by atoms with Crippen molar-refractivity contribution in [3.8, 4) is 5.75 Å². The minimum absolute atomic E-state index is 0.0378. The Hall–Kier alpha value is -1.72. The van der Waals surface area contributed by atoms with Crippen LogP contribution in [-0.2, 0) is 19.6 Å². The first kappa shape index (κ1) is 29.8. The number of aryl methyl sites for hydroxylation is 2. The van der Waals surface area contributed by atoms with Crippen LogP contribution in [0, 0.1) is 13.8 Å². The van der Waals surface area contributed by atoms with Gasteiger partial charge in [-0.15, -0.1) is 0 Å². The molecule has 1 aliphatic carbocycles. The average Bonchev–Trinajstić information content (AvgIpc) is 2.89. The molecule has 1 aliphatic heterocycles. The second-order valence-electron chi connectivity index (χ2n) is 10.4. The first-order chi connectivity index (χ1) is 17.6. The highest BCUT2D eigenvalue weighted by atomic mass is 32.2. The standard InChI is InChI=1S/C27H46N4O5S/c1-7-30-12-14-31(15-13-30)24-10-8-23(9-11-24)29(5)26(32)20-36-17-16-28(4)37(33,34)27-21(2)18-25(35-6)19-22(27)3/h18-19,23-24H,7-17,20H2,1-6H3/t23-,24+. The SMILES string of the molecule is CCN1CCN([C@H]2CC[C@@H](N(C)C(=O)COCCN(C)S(=O)(=O)c3c(C)cc(OC)cc3C)CC2)CC1. The van der Waals surface area contributed by atoms with Crippen molar-refractivity contribution >= 4 is 15.9 Å². The number of benzene rings is 1. The van der Waals surface area contributed by atoms with Crippen LogP contribution in [0.2, 0.25) is 0 Å². The molecule has 3 rings (SSSR count). The fourth-order valence-electron chi connectivity index (χ4n) is 5.62. The quantitative estimate of drug-likeness (QED) is 0.400. The Morgan fingerprint density at radius 3 is 2.16 bits per heavy atom. The Morgan fingerprint density at radius 2 is 1.62 bits per heavy atom. The Bertz CT molecular complexity index is 979. The maximum Gasteiger partial charge on any atom is 0.248 e. The minimum atomic E-state index is -3.68. The molecule has 10 heteroatoms. The predicted octanol–water partition coefficient (Wildman–Crippen LogP) is 2.36. The van der Waals surface area contributed by atoms with Crippen LogP contribution in [0.4, 0.5) is 0 Å². The molecule has 9 nitrogen and oxygen atoms in total. The maximum absolute atomic E-state index is 13.1. The van der Waals surface area contributed by atoms with E-state index in [1.807, 2.05) is 11.9 Å². The van der Waals surface area contributed by atoms with Crippen LogP contribution in [0.15, 0.2) is 17.0 Å². The van der Waals surface area contributed by atoms with Crippen molar-refractivity contribution < 1.29 is 22.7 Å². The van der Waals surface area contributed by atoms with Gasteiger partial charge in [-0.25, -0.2) is 8.42 Å². The largest absolute Gasteiger partial charge is 0.497 e. The predicted molar refractivity (Wildman–Crippen MR) is 146 cm³/mol. The van der Waals surface area contributed by atoms with Crippen molar-refractivity contribution in [1.29, 1.82) is 0 Å². The molecule has 2 aliphatic rings. The molecule has 37 heavy (non-hydrogen) atoms. The van der Waals surface area contributed by atoms with Gasteiger partial charge in [-0.2, -0.15) is 4.31 Å². The van der Waals surface area contributed by atoms with E-state index in [-0.39, 0.29) is 36.6 Å². The first-order valence-corrected chi connectivity index (χ1v) is 14.9. The van der Waals surface area contributed by atoms with E-state index >= 15 is 0 Å². The molecule has 1 amide bonds. The molecule has 0 spiro atoms. The van der Waals surface area contributed by atoms with Crippen LogP contribution in [0.3, 0.4) is 0 Å². The summed E-state index contributed by atoms with van der Waals surface area (Å²) in [6.07, 6.45) is 4.29. The van der Waals surface area contributed by atoms with Gasteiger partial charge in [0.15, 0.2) is 0 Å². The minimum Gasteiger partial charge on any atom is -0.497 e. The summed E-state index contributed by atoms with van der Waals surface area (Å²) in [5.41, 5.74) is 1.28. The average molecular weight is 539 g/mol. The number of methoxy groups -OCH3 is 1. The number of piperazine rings is 1. The molecule has 0 unspecified atom stereocenters. The summed E-state index contributed by atoms with van der Waals surface area (Å²) in [5.74, 6) is 0.582. The van der Waals surface area contributed by atoms with E-state index in [2.05, 4.69) is 16.7 Å². The van der Waals surface area contributed by atoms with E-state index in [0.29, 0.717) is 22.9 Å². The molecular weight excluding hydrogens is 492 g/mol. The molecule has 0 bridgehead atoms. The summed E-state index contributed by atoms with van der Waals surface area (Å²) in [6, 6.07) is 4.32. The van der Waals surface area contributed by atoms with Crippen molar-refractivity contribution in [1.82, 2.24) is 19.0 Å². The topological polar surface area (TPSA) is 82.6 Å². The molecule has 0 atom stereocenters. The molecule has 210 valence electrons. The van der Waals surface area contributed by atoms with Crippen LogP contribution in [0.25, 0.3) is 0 Å². The fraction of sp³-hybridized carbons (Fsp3) is 0.741. The summed E-state index contributed by atoms with van der Waals surface area (Å²) in [4.78, 5) is 20.0. The zero-order chi connectivity index (χ0) is 27.2. The number of amides is 1. The van der Waals surface area contributed by atoms with Gasteiger partial charge >= 0.3 is 0 Å². The van der Waals surface area contributed by atoms with Gasteiger partial charge in [0.2, 0.25) is 15.9 Å². The van der Waals surface area contributed by atoms with Gasteiger partial charge < -0.3 is 19.3 Å². The molecule has 1 aromatic carbocycles. The number of carbonyl (C=O) groups excluding carboxylic acids is 1. The van der Waals surface area contributed by atoms with E-state index in [4.69, 9.17) is 9.47 Å². The van der Waals surface area contributed by atoms with Crippen molar-refractivity contribution in [3.05, 3.63) is 23.3 Å². The molecule has 1 saturated carbocycles. The number of sulfonamides is 1. The molecule has 1 heterocycles. The van der Waals surface area contributed by atoms with E-state index in [1.54, 1.807) is 33.1 Å². The molecule has 0 N–H and O–H groups in total. The Kier molecular flexibility index (Phi) is 10.8. The van der Waals surface area contributed by atoms with Crippen LogP contribution >= 0.6 is 0 Å². The molecule has 0 aromatic heterocycles. The smallest absolute Gasteiger partial charge is 0.248 e. The molecule has 1 aromatic rings. The third kappa shape index (κ3) is 7.44. The van der Waals surface area contributed by atoms with Crippen LogP contribution in [0.5, 0.6) is 5.75 Å². The Balaban J connectivity index is 1.41.